The van der Waals surface area contributed by atoms with Gasteiger partial charge in [-0.15, -0.1) is 11.3 Å². The standard InChI is InChI=1S/C15H18N2OS/c1-6-16-12-2-10-19-14(12)13(1)17-7-3-15(11-17)4-8-18-9-5-15/h1-2,6,10H,3-5,7-9,11H2. The molecular formula is C15H18N2OS. The minimum atomic E-state index is 0.505. The van der Waals surface area contributed by atoms with Gasteiger partial charge in [0, 0.05) is 32.5 Å². The zero-order valence-corrected chi connectivity index (χ0v) is 11.8. The van der Waals surface area contributed by atoms with Gasteiger partial charge in [0.05, 0.1) is 15.9 Å². The summed E-state index contributed by atoms with van der Waals surface area (Å²) in [4.78, 5) is 7.00. The van der Waals surface area contributed by atoms with E-state index in [2.05, 4.69) is 27.4 Å². The van der Waals surface area contributed by atoms with E-state index >= 15 is 0 Å². The molecule has 2 aromatic rings. The van der Waals surface area contributed by atoms with Gasteiger partial charge in [-0.3, -0.25) is 4.98 Å². The van der Waals surface area contributed by atoms with E-state index in [1.807, 2.05) is 17.5 Å². The Balaban J connectivity index is 1.65. The molecule has 0 radical (unpaired) electrons. The van der Waals surface area contributed by atoms with E-state index in [1.54, 1.807) is 0 Å². The minimum absolute atomic E-state index is 0.505. The topological polar surface area (TPSA) is 25.4 Å². The molecule has 0 N–H and O–H groups in total. The lowest BCUT2D eigenvalue weighted by Crippen LogP contribution is -2.33. The highest BCUT2D eigenvalue weighted by Gasteiger charge is 2.39. The second kappa shape index (κ2) is 4.46. The van der Waals surface area contributed by atoms with Gasteiger partial charge in [-0.25, -0.2) is 0 Å². The Bertz CT molecular complexity index is 589. The number of thiophene rings is 1. The molecule has 0 aromatic carbocycles. The average molecular weight is 274 g/mol. The molecule has 0 unspecified atom stereocenters. The van der Waals surface area contributed by atoms with Gasteiger partial charge >= 0.3 is 0 Å². The van der Waals surface area contributed by atoms with Crippen molar-refractivity contribution in [2.45, 2.75) is 19.3 Å². The molecule has 2 saturated heterocycles. The van der Waals surface area contributed by atoms with Crippen LogP contribution in [0.5, 0.6) is 0 Å². The molecule has 0 saturated carbocycles. The van der Waals surface area contributed by atoms with Crippen molar-refractivity contribution in [3.63, 3.8) is 0 Å². The Kier molecular flexibility index (Phi) is 2.74. The van der Waals surface area contributed by atoms with E-state index in [0.717, 1.165) is 18.7 Å². The Morgan fingerprint density at radius 1 is 1.21 bits per heavy atom. The third-order valence-corrected chi connectivity index (χ3v) is 5.58. The number of nitrogens with zero attached hydrogens (tertiary/aromatic N) is 2. The molecule has 2 fully saturated rings. The van der Waals surface area contributed by atoms with Crippen molar-refractivity contribution in [3.05, 3.63) is 23.7 Å². The first kappa shape index (κ1) is 11.7. The first-order valence-electron chi connectivity index (χ1n) is 7.01. The molecule has 4 rings (SSSR count). The number of anilines is 1. The summed E-state index contributed by atoms with van der Waals surface area (Å²) in [5.41, 5.74) is 3.02. The van der Waals surface area contributed by atoms with Crippen molar-refractivity contribution in [1.82, 2.24) is 4.98 Å². The highest BCUT2D eigenvalue weighted by atomic mass is 32.1. The van der Waals surface area contributed by atoms with Gasteiger partial charge in [0.25, 0.3) is 0 Å². The highest BCUT2D eigenvalue weighted by Crippen LogP contribution is 2.43. The molecular weight excluding hydrogens is 256 g/mol. The van der Waals surface area contributed by atoms with Crippen molar-refractivity contribution in [1.29, 1.82) is 0 Å². The van der Waals surface area contributed by atoms with E-state index < -0.39 is 0 Å². The van der Waals surface area contributed by atoms with Gasteiger partial charge in [0.1, 0.15) is 0 Å². The second-order valence-corrected chi connectivity index (χ2v) is 6.67. The molecule has 1 spiro atoms. The molecule has 2 aromatic heterocycles. The summed E-state index contributed by atoms with van der Waals surface area (Å²) in [7, 11) is 0. The molecule has 2 aliphatic rings. The lowest BCUT2D eigenvalue weighted by molar-refractivity contribution is 0.0254. The van der Waals surface area contributed by atoms with E-state index in [4.69, 9.17) is 4.74 Å². The summed E-state index contributed by atoms with van der Waals surface area (Å²) < 4.78 is 6.87. The first-order chi connectivity index (χ1) is 9.36. The van der Waals surface area contributed by atoms with Gasteiger partial charge in [0.15, 0.2) is 0 Å². The van der Waals surface area contributed by atoms with Crippen LogP contribution in [-0.2, 0) is 4.74 Å². The van der Waals surface area contributed by atoms with Crippen LogP contribution in [0.25, 0.3) is 10.2 Å². The molecule has 3 nitrogen and oxygen atoms in total. The number of hydrogen-bond acceptors (Lipinski definition) is 4. The van der Waals surface area contributed by atoms with Crippen LogP contribution < -0.4 is 4.90 Å². The van der Waals surface area contributed by atoms with E-state index in [1.165, 1.54) is 42.7 Å². The van der Waals surface area contributed by atoms with Crippen LogP contribution >= 0.6 is 11.3 Å². The smallest absolute Gasteiger partial charge is 0.0830 e. The average Bonchev–Trinajstić information content (AvgIpc) is 3.06. The van der Waals surface area contributed by atoms with Crippen LogP contribution in [0.1, 0.15) is 19.3 Å². The number of ether oxygens (including phenoxy) is 1. The predicted octanol–water partition coefficient (Wildman–Crippen LogP) is 3.30. The van der Waals surface area contributed by atoms with Crippen molar-refractivity contribution in [2.75, 3.05) is 31.2 Å². The lowest BCUT2D eigenvalue weighted by atomic mass is 9.80. The molecule has 0 aliphatic carbocycles. The lowest BCUT2D eigenvalue weighted by Gasteiger charge is -2.33. The van der Waals surface area contributed by atoms with Gasteiger partial charge in [-0.1, -0.05) is 0 Å². The third kappa shape index (κ3) is 1.94. The van der Waals surface area contributed by atoms with Crippen molar-refractivity contribution in [3.8, 4) is 0 Å². The summed E-state index contributed by atoms with van der Waals surface area (Å²) >= 11 is 1.81. The molecule has 19 heavy (non-hydrogen) atoms. The summed E-state index contributed by atoms with van der Waals surface area (Å²) in [5, 5.41) is 2.14. The highest BCUT2D eigenvalue weighted by molar-refractivity contribution is 7.17. The number of pyridine rings is 1. The summed E-state index contributed by atoms with van der Waals surface area (Å²) in [5.74, 6) is 0. The van der Waals surface area contributed by atoms with E-state index in [-0.39, 0.29) is 0 Å². The van der Waals surface area contributed by atoms with Gasteiger partial charge in [-0.05, 0) is 42.2 Å². The van der Waals surface area contributed by atoms with E-state index in [0.29, 0.717) is 5.41 Å². The number of aromatic nitrogens is 1. The zero-order chi connectivity index (χ0) is 12.7. The van der Waals surface area contributed by atoms with Crippen molar-refractivity contribution >= 4 is 27.2 Å². The summed E-state index contributed by atoms with van der Waals surface area (Å²) in [6, 6.07) is 4.29. The molecule has 100 valence electrons. The normalized spacial score (nSPS) is 22.4. The summed E-state index contributed by atoms with van der Waals surface area (Å²) in [6.07, 6.45) is 5.70. The SMILES string of the molecule is c1cc(N2CCC3(CCOCC3)C2)c2sccc2n1. The largest absolute Gasteiger partial charge is 0.381 e. The van der Waals surface area contributed by atoms with Crippen LogP contribution in [-0.4, -0.2) is 31.3 Å². The monoisotopic (exact) mass is 274 g/mol. The maximum Gasteiger partial charge on any atom is 0.0830 e. The van der Waals surface area contributed by atoms with Crippen LogP contribution in [0, 0.1) is 5.41 Å². The van der Waals surface area contributed by atoms with Gasteiger partial charge in [-0.2, -0.15) is 0 Å². The van der Waals surface area contributed by atoms with Crippen LogP contribution in [0.3, 0.4) is 0 Å². The maximum atomic E-state index is 5.53. The Hall–Kier alpha value is -1.13. The third-order valence-electron chi connectivity index (χ3n) is 4.66. The molecule has 2 aliphatic heterocycles. The van der Waals surface area contributed by atoms with Crippen molar-refractivity contribution in [2.24, 2.45) is 5.41 Å². The van der Waals surface area contributed by atoms with Crippen LogP contribution in [0.4, 0.5) is 5.69 Å². The number of fused-ring (bicyclic) bond motifs is 1. The predicted molar refractivity (Wildman–Crippen MR) is 78.9 cm³/mol. The van der Waals surface area contributed by atoms with Crippen LogP contribution in [0.2, 0.25) is 0 Å². The number of rotatable bonds is 1. The second-order valence-electron chi connectivity index (χ2n) is 5.75. The van der Waals surface area contributed by atoms with Gasteiger partial charge in [0.2, 0.25) is 0 Å². The van der Waals surface area contributed by atoms with Crippen molar-refractivity contribution < 1.29 is 4.74 Å². The molecule has 0 amide bonds. The fourth-order valence-electron chi connectivity index (χ4n) is 3.46. The Morgan fingerprint density at radius 3 is 3.00 bits per heavy atom. The Labute approximate surface area is 117 Å². The molecule has 0 bridgehead atoms. The van der Waals surface area contributed by atoms with E-state index in [9.17, 15) is 0 Å². The molecule has 4 heterocycles. The molecule has 0 atom stereocenters. The Morgan fingerprint density at radius 2 is 2.11 bits per heavy atom. The minimum Gasteiger partial charge on any atom is -0.381 e. The van der Waals surface area contributed by atoms with Gasteiger partial charge < -0.3 is 9.64 Å². The summed E-state index contributed by atoms with van der Waals surface area (Å²) in [6.45, 7) is 4.25. The quantitative estimate of drug-likeness (QED) is 0.798. The maximum absolute atomic E-state index is 5.53. The molecule has 4 heteroatoms. The fourth-order valence-corrected chi connectivity index (χ4v) is 4.35. The van der Waals surface area contributed by atoms with Crippen LogP contribution in [0.15, 0.2) is 23.7 Å². The fraction of sp³-hybridized carbons (Fsp3) is 0.533. The number of hydrogen-bond donors (Lipinski definition) is 0. The first-order valence-corrected chi connectivity index (χ1v) is 7.89. The zero-order valence-electron chi connectivity index (χ0n) is 11.0.